The molecule has 0 radical (unpaired) electrons. The summed E-state index contributed by atoms with van der Waals surface area (Å²) in [6, 6.07) is 0. The molecule has 28 valence electrons. The van der Waals surface area contributed by atoms with Crippen molar-refractivity contribution < 1.29 is 21.1 Å². The normalized spacial score (nSPS) is 0. The molecule has 0 aromatic carbocycles. The Labute approximate surface area is 50.9 Å². The van der Waals surface area contributed by atoms with Crippen LogP contribution in [0.2, 0.25) is 0 Å². The van der Waals surface area contributed by atoms with Gasteiger partial charge in [0, 0.05) is 21.1 Å². The molecule has 2 nitrogen and oxygen atoms in total. The molecule has 4 heavy (non-hydrogen) atoms. The second-order valence-electron chi connectivity index (χ2n) is 0. The van der Waals surface area contributed by atoms with Crippen molar-refractivity contribution in [2.45, 2.75) is 0 Å². The first-order valence-corrected chi connectivity index (χ1v) is 0. The smallest absolute Gasteiger partial charge is 0.187 e. The van der Waals surface area contributed by atoms with Crippen LogP contribution in [0.1, 0.15) is 0 Å². The van der Waals surface area contributed by atoms with Crippen LogP contribution in [-0.4, -0.2) is 17.4 Å². The number of hydrogen-bond donors (Lipinski definition) is 2. The van der Waals surface area contributed by atoms with E-state index in [1.165, 1.54) is 0 Å². The van der Waals surface area contributed by atoms with Gasteiger partial charge in [-0.2, -0.15) is 0 Å². The van der Waals surface area contributed by atoms with Crippen molar-refractivity contribution in [3.05, 3.63) is 0 Å². The molecule has 0 aromatic heterocycles. The molecule has 0 bridgehead atoms. The molecule has 0 saturated heterocycles. The molecule has 0 saturated carbocycles. The Kier molecular flexibility index (Phi) is 531. The fourth-order valence-electron chi connectivity index (χ4n) is 0. The van der Waals surface area contributed by atoms with E-state index < -0.39 is 0 Å². The minimum atomic E-state index is 0. The van der Waals surface area contributed by atoms with Crippen LogP contribution in [-0.2, 0) is 21.1 Å². The third-order valence-electron chi connectivity index (χ3n) is 0. The Bertz CT molecular complexity index is 6.00. The molecule has 4 heteroatoms. The first kappa shape index (κ1) is 67.7. The summed E-state index contributed by atoms with van der Waals surface area (Å²) >= 11 is 0. The summed E-state index contributed by atoms with van der Waals surface area (Å²) in [5.41, 5.74) is 0. The maximum absolute atomic E-state index is 0. The predicted molar refractivity (Wildman–Crippen MR) is 20.0 cm³/mol. The monoisotopic (exact) mass is 248 g/mol. The van der Waals surface area contributed by atoms with Gasteiger partial charge in [-0.25, -0.2) is 0 Å². The molecule has 0 aromatic rings. The fourth-order valence-corrected chi connectivity index (χ4v) is 0. The zero-order valence-electron chi connectivity index (χ0n) is 1.82. The quantitative estimate of drug-likeness (QED) is 0.547. The largest absolute Gasteiger partial charge is 0.344 e. The summed E-state index contributed by atoms with van der Waals surface area (Å²) in [5, 5.41) is 0. The maximum Gasteiger partial charge on any atom is 0.187 e. The Morgan fingerprint density at radius 2 is 0.750 bits per heavy atom. The Morgan fingerprint density at radius 1 is 0.750 bits per heavy atom. The SMILES string of the molecule is N.N.[AlH3].[W]. The first-order chi connectivity index (χ1) is 0. The predicted octanol–water partition coefficient (Wildman–Crippen LogP) is -0.862. The molecule has 0 unspecified atom stereocenters. The zero-order chi connectivity index (χ0) is 0. The molecule has 0 fully saturated rings. The van der Waals surface area contributed by atoms with Crippen LogP contribution in [0.5, 0.6) is 0 Å². The van der Waals surface area contributed by atoms with Gasteiger partial charge in [0.1, 0.15) is 0 Å². The van der Waals surface area contributed by atoms with Crippen LogP contribution in [0, 0.1) is 0 Å². The molecule has 0 aliphatic rings. The minimum absolute atomic E-state index is 0. The second-order valence-corrected chi connectivity index (χ2v) is 0. The van der Waals surface area contributed by atoms with E-state index in [1.54, 1.807) is 0 Å². The Morgan fingerprint density at radius 3 is 0.750 bits per heavy atom. The first-order valence-electron chi connectivity index (χ1n) is 0. The van der Waals surface area contributed by atoms with Crippen molar-refractivity contribution in [2.24, 2.45) is 0 Å². The van der Waals surface area contributed by atoms with Gasteiger partial charge < -0.3 is 12.3 Å². The van der Waals surface area contributed by atoms with Gasteiger partial charge in [-0.15, -0.1) is 0 Å². The standard InChI is InChI=1S/Al.2H3N.W.3H/h;2*1H3;;;;. The topological polar surface area (TPSA) is 70.0 Å². The molecule has 0 aliphatic carbocycles. The van der Waals surface area contributed by atoms with E-state index in [2.05, 4.69) is 0 Å². The average Bonchev–Trinajstić information content (AvgIpc) is 0. The van der Waals surface area contributed by atoms with E-state index >= 15 is 0 Å². The van der Waals surface area contributed by atoms with Gasteiger partial charge in [0.2, 0.25) is 0 Å². The summed E-state index contributed by atoms with van der Waals surface area (Å²) < 4.78 is 0. The van der Waals surface area contributed by atoms with Gasteiger partial charge in [0.05, 0.1) is 0 Å². The van der Waals surface area contributed by atoms with Crippen molar-refractivity contribution in [1.29, 1.82) is 0 Å². The van der Waals surface area contributed by atoms with Gasteiger partial charge in [-0.05, 0) is 0 Å². The van der Waals surface area contributed by atoms with Crippen LogP contribution in [0.15, 0.2) is 0 Å². The maximum atomic E-state index is 0. The molecule has 0 amide bonds. The molecule has 0 heterocycles. The molecule has 6 N–H and O–H groups in total. The van der Waals surface area contributed by atoms with Crippen molar-refractivity contribution in [3.63, 3.8) is 0 Å². The van der Waals surface area contributed by atoms with Crippen LogP contribution in [0.25, 0.3) is 0 Å². The third kappa shape index (κ3) is 11.1. The van der Waals surface area contributed by atoms with E-state index in [-0.39, 0.29) is 50.7 Å². The molecule has 0 spiro atoms. The third-order valence-corrected chi connectivity index (χ3v) is 0. The minimum Gasteiger partial charge on any atom is -0.344 e. The van der Waals surface area contributed by atoms with Gasteiger partial charge in [0.15, 0.2) is 17.4 Å². The summed E-state index contributed by atoms with van der Waals surface area (Å²) in [7, 11) is 0. The summed E-state index contributed by atoms with van der Waals surface area (Å²) in [6.07, 6.45) is 0. The fraction of sp³-hybridized carbons (Fsp3) is 0. The summed E-state index contributed by atoms with van der Waals surface area (Å²) in [6.45, 7) is 0. The zero-order valence-corrected chi connectivity index (χ0v) is 4.76. The van der Waals surface area contributed by atoms with Crippen molar-refractivity contribution in [1.82, 2.24) is 12.3 Å². The van der Waals surface area contributed by atoms with Crippen LogP contribution >= 0.6 is 0 Å². The molecule has 0 aliphatic heterocycles. The van der Waals surface area contributed by atoms with Crippen molar-refractivity contribution >= 4 is 17.4 Å². The Balaban J connectivity index is 0. The van der Waals surface area contributed by atoms with Gasteiger partial charge in [-0.3, -0.25) is 0 Å². The van der Waals surface area contributed by atoms with Crippen LogP contribution < -0.4 is 12.3 Å². The van der Waals surface area contributed by atoms with Gasteiger partial charge in [-0.1, -0.05) is 0 Å². The second kappa shape index (κ2) is 31.4. The number of hydrogen-bond acceptors (Lipinski definition) is 2. The summed E-state index contributed by atoms with van der Waals surface area (Å²) in [5.74, 6) is 0. The van der Waals surface area contributed by atoms with Crippen LogP contribution in [0.4, 0.5) is 0 Å². The molecule has 0 atom stereocenters. The summed E-state index contributed by atoms with van der Waals surface area (Å²) in [4.78, 5) is 0. The van der Waals surface area contributed by atoms with E-state index in [0.717, 1.165) is 0 Å². The number of rotatable bonds is 0. The van der Waals surface area contributed by atoms with Gasteiger partial charge >= 0.3 is 0 Å². The van der Waals surface area contributed by atoms with Crippen molar-refractivity contribution in [2.75, 3.05) is 0 Å². The van der Waals surface area contributed by atoms with E-state index in [9.17, 15) is 0 Å². The van der Waals surface area contributed by atoms with E-state index in [0.29, 0.717) is 0 Å². The molecule has 0 rings (SSSR count). The molecular weight excluding hydrogens is 239 g/mol. The average molecular weight is 248 g/mol. The van der Waals surface area contributed by atoms with Crippen molar-refractivity contribution in [3.8, 4) is 0 Å². The van der Waals surface area contributed by atoms with E-state index in [1.807, 2.05) is 0 Å². The van der Waals surface area contributed by atoms with E-state index in [4.69, 9.17) is 0 Å². The Hall–Kier alpha value is 1.14. The molecular formula is H9AlN2W. The van der Waals surface area contributed by atoms with Gasteiger partial charge in [0.25, 0.3) is 0 Å². The van der Waals surface area contributed by atoms with Crippen LogP contribution in [0.3, 0.4) is 0 Å².